The first-order valence-electron chi connectivity index (χ1n) is 9.12. The molecule has 0 bridgehead atoms. The number of halogens is 1. The Morgan fingerprint density at radius 1 is 1.00 bits per heavy atom. The van der Waals surface area contributed by atoms with E-state index < -0.39 is 10.0 Å². The first-order chi connectivity index (χ1) is 13.8. The second-order valence-electron chi connectivity index (χ2n) is 7.04. The van der Waals surface area contributed by atoms with E-state index in [1.165, 1.54) is 0 Å². The predicted molar refractivity (Wildman–Crippen MR) is 119 cm³/mol. The van der Waals surface area contributed by atoms with Crippen molar-refractivity contribution in [1.82, 2.24) is 0 Å². The van der Waals surface area contributed by atoms with Crippen LogP contribution in [-0.2, 0) is 16.6 Å². The number of benzene rings is 3. The smallest absolute Gasteiger partial charge is 0.229 e. The van der Waals surface area contributed by atoms with Crippen LogP contribution in [0.4, 0.5) is 5.69 Å². The highest BCUT2D eigenvalue weighted by Crippen LogP contribution is 2.42. The third kappa shape index (κ3) is 4.16. The summed E-state index contributed by atoms with van der Waals surface area (Å²) in [4.78, 5) is 0. The lowest BCUT2D eigenvalue weighted by Gasteiger charge is -2.16. The maximum atomic E-state index is 11.6. The fourth-order valence-corrected chi connectivity index (χ4v) is 4.31. The lowest BCUT2D eigenvalue weighted by molar-refractivity contribution is 0.307. The summed E-state index contributed by atoms with van der Waals surface area (Å²) in [5.74, 6) is 0.730. The maximum Gasteiger partial charge on any atom is 0.229 e. The molecule has 0 amide bonds. The van der Waals surface area contributed by atoms with E-state index in [0.29, 0.717) is 17.3 Å². The minimum absolute atomic E-state index is 0.454. The molecule has 4 rings (SSSR count). The molecule has 0 spiro atoms. The summed E-state index contributed by atoms with van der Waals surface area (Å²) in [7, 11) is -3.35. The molecule has 0 fully saturated rings. The Bertz CT molecular complexity index is 1230. The minimum atomic E-state index is -3.35. The van der Waals surface area contributed by atoms with Crippen LogP contribution in [0.5, 0.6) is 5.75 Å². The van der Waals surface area contributed by atoms with Gasteiger partial charge in [-0.05, 0) is 65.1 Å². The zero-order chi connectivity index (χ0) is 20.6. The average Bonchev–Trinajstić information content (AvgIpc) is 2.83. The number of sulfonamides is 1. The molecule has 1 aliphatic heterocycles. The van der Waals surface area contributed by atoms with Gasteiger partial charge in [-0.15, -0.1) is 0 Å². The third-order valence-electron chi connectivity index (χ3n) is 4.86. The summed E-state index contributed by atoms with van der Waals surface area (Å²) in [5, 5.41) is 0.617. The Kier molecular flexibility index (Phi) is 5.11. The van der Waals surface area contributed by atoms with E-state index in [2.05, 4.69) is 16.9 Å². The molecule has 1 N–H and O–H groups in total. The van der Waals surface area contributed by atoms with Gasteiger partial charge in [0.15, 0.2) is 0 Å². The van der Waals surface area contributed by atoms with Gasteiger partial charge < -0.3 is 4.74 Å². The Morgan fingerprint density at radius 3 is 2.59 bits per heavy atom. The Balaban J connectivity index is 1.95. The van der Waals surface area contributed by atoms with Crippen molar-refractivity contribution >= 4 is 38.5 Å². The predicted octanol–water partition coefficient (Wildman–Crippen LogP) is 5.58. The zero-order valence-electron chi connectivity index (χ0n) is 16.1. The van der Waals surface area contributed by atoms with E-state index in [-0.39, 0.29) is 0 Å². The number of allylic oxidation sites excluding steroid dienone is 1. The Morgan fingerprint density at radius 2 is 1.79 bits per heavy atom. The number of ether oxygens (including phenoxy) is 1. The van der Waals surface area contributed by atoms with Crippen LogP contribution in [0.2, 0.25) is 5.02 Å². The molecule has 0 aliphatic carbocycles. The van der Waals surface area contributed by atoms with Crippen molar-refractivity contribution in [2.75, 3.05) is 11.0 Å². The van der Waals surface area contributed by atoms with Gasteiger partial charge in [-0.2, -0.15) is 0 Å². The van der Waals surface area contributed by atoms with E-state index in [1.54, 1.807) is 6.07 Å². The maximum absolute atomic E-state index is 11.6. The number of anilines is 1. The number of rotatable bonds is 3. The summed E-state index contributed by atoms with van der Waals surface area (Å²) < 4.78 is 31.9. The second kappa shape index (κ2) is 7.58. The minimum Gasteiger partial charge on any atom is -0.488 e. The van der Waals surface area contributed by atoms with E-state index >= 15 is 0 Å². The van der Waals surface area contributed by atoms with E-state index in [4.69, 9.17) is 16.3 Å². The lowest BCUT2D eigenvalue weighted by atomic mass is 9.88. The van der Waals surface area contributed by atoms with Gasteiger partial charge in [-0.25, -0.2) is 8.42 Å². The third-order valence-corrected chi connectivity index (χ3v) is 5.70. The molecule has 3 aromatic carbocycles. The van der Waals surface area contributed by atoms with Crippen molar-refractivity contribution in [3.05, 3.63) is 94.0 Å². The van der Waals surface area contributed by atoms with Crippen LogP contribution in [0.25, 0.3) is 11.1 Å². The van der Waals surface area contributed by atoms with Gasteiger partial charge in [0.1, 0.15) is 12.4 Å². The zero-order valence-corrected chi connectivity index (χ0v) is 17.6. The number of hydrogen-bond donors (Lipinski definition) is 1. The molecule has 0 saturated carbocycles. The molecule has 0 unspecified atom stereocenters. The van der Waals surface area contributed by atoms with Gasteiger partial charge in [0, 0.05) is 16.3 Å². The number of hydrogen-bond acceptors (Lipinski definition) is 3. The molecule has 0 atom stereocenters. The highest BCUT2D eigenvalue weighted by molar-refractivity contribution is 7.92. The average molecular weight is 426 g/mol. The highest BCUT2D eigenvalue weighted by atomic mass is 35.5. The van der Waals surface area contributed by atoms with Gasteiger partial charge in [0.25, 0.3) is 0 Å². The van der Waals surface area contributed by atoms with Crippen molar-refractivity contribution in [3.63, 3.8) is 0 Å². The van der Waals surface area contributed by atoms with Crippen LogP contribution in [0.3, 0.4) is 0 Å². The molecule has 29 heavy (non-hydrogen) atoms. The van der Waals surface area contributed by atoms with Gasteiger partial charge in [-0.1, -0.05) is 48.0 Å². The van der Waals surface area contributed by atoms with Crippen LogP contribution in [-0.4, -0.2) is 14.7 Å². The van der Waals surface area contributed by atoms with Crippen LogP contribution in [0.15, 0.2) is 66.7 Å². The molecular weight excluding hydrogens is 406 g/mol. The van der Waals surface area contributed by atoms with E-state index in [1.807, 2.05) is 55.5 Å². The quantitative estimate of drug-likeness (QED) is 0.595. The first kappa shape index (κ1) is 19.6. The molecule has 0 radical (unpaired) electrons. The SMILES string of the molecule is CC(=C1c2ccccc2COc2cc(Cl)ccc21)c1cccc(NS(C)(=O)=O)c1. The van der Waals surface area contributed by atoms with Crippen molar-refractivity contribution in [2.45, 2.75) is 13.5 Å². The second-order valence-corrected chi connectivity index (χ2v) is 9.23. The normalized spacial score (nSPS) is 14.9. The highest BCUT2D eigenvalue weighted by Gasteiger charge is 2.22. The fourth-order valence-electron chi connectivity index (χ4n) is 3.59. The molecule has 1 aliphatic rings. The summed E-state index contributed by atoms with van der Waals surface area (Å²) in [6, 6.07) is 21.2. The van der Waals surface area contributed by atoms with Crippen molar-refractivity contribution in [1.29, 1.82) is 0 Å². The summed E-state index contributed by atoms with van der Waals surface area (Å²) in [6.07, 6.45) is 1.14. The largest absolute Gasteiger partial charge is 0.488 e. The molecule has 1 heterocycles. The molecule has 6 heteroatoms. The molecule has 0 aromatic heterocycles. The van der Waals surface area contributed by atoms with Gasteiger partial charge in [0.05, 0.1) is 6.26 Å². The van der Waals surface area contributed by atoms with Crippen molar-refractivity contribution in [3.8, 4) is 5.75 Å². The molecule has 148 valence electrons. The molecule has 4 nitrogen and oxygen atoms in total. The standard InChI is InChI=1S/C23H20ClNO3S/c1-15(16-7-5-8-19(12-16)25-29(2,26)27)23-20-9-4-3-6-17(20)14-28-22-13-18(24)10-11-21(22)23/h3-13,25H,14H2,1-2H3. The van der Waals surface area contributed by atoms with Gasteiger partial charge in [0.2, 0.25) is 10.0 Å². The number of fused-ring (bicyclic) bond motifs is 2. The number of nitrogens with one attached hydrogen (secondary N) is 1. The van der Waals surface area contributed by atoms with Crippen LogP contribution in [0.1, 0.15) is 29.2 Å². The van der Waals surface area contributed by atoms with Crippen molar-refractivity contribution in [2.24, 2.45) is 0 Å². The van der Waals surface area contributed by atoms with E-state index in [0.717, 1.165) is 45.4 Å². The topological polar surface area (TPSA) is 55.4 Å². The Hall–Kier alpha value is -2.76. The summed E-state index contributed by atoms with van der Waals surface area (Å²) in [5.41, 5.74) is 6.64. The monoisotopic (exact) mass is 425 g/mol. The summed E-state index contributed by atoms with van der Waals surface area (Å²) in [6.45, 7) is 2.49. The first-order valence-corrected chi connectivity index (χ1v) is 11.4. The summed E-state index contributed by atoms with van der Waals surface area (Å²) >= 11 is 6.21. The Labute approximate surface area is 175 Å². The van der Waals surface area contributed by atoms with Crippen LogP contribution in [0, 0.1) is 0 Å². The van der Waals surface area contributed by atoms with Crippen LogP contribution < -0.4 is 9.46 Å². The van der Waals surface area contributed by atoms with Gasteiger partial charge in [-0.3, -0.25) is 4.72 Å². The molecule has 3 aromatic rings. The van der Waals surface area contributed by atoms with Gasteiger partial charge >= 0.3 is 0 Å². The molecule has 0 saturated heterocycles. The lowest BCUT2D eigenvalue weighted by Crippen LogP contribution is -2.09. The van der Waals surface area contributed by atoms with E-state index in [9.17, 15) is 8.42 Å². The van der Waals surface area contributed by atoms with Crippen LogP contribution >= 0.6 is 11.6 Å². The molecular formula is C23H20ClNO3S. The van der Waals surface area contributed by atoms with Crippen molar-refractivity contribution < 1.29 is 13.2 Å². The fraction of sp³-hybridized carbons (Fsp3) is 0.130.